The second kappa shape index (κ2) is 6.90. The molecule has 0 saturated carbocycles. The molecular formula is C18H21NO. The second-order valence-corrected chi connectivity index (χ2v) is 5.30. The van der Waals surface area contributed by atoms with Crippen LogP contribution in [0.15, 0.2) is 53.5 Å². The van der Waals surface area contributed by atoms with Gasteiger partial charge in [0.1, 0.15) is 5.75 Å². The highest BCUT2D eigenvalue weighted by atomic mass is 16.5. The minimum absolute atomic E-state index is 0.684. The molecule has 0 radical (unpaired) electrons. The van der Waals surface area contributed by atoms with Gasteiger partial charge in [-0.3, -0.25) is 4.99 Å². The highest BCUT2D eigenvalue weighted by Gasteiger charge is 1.97. The minimum Gasteiger partial charge on any atom is -0.497 e. The van der Waals surface area contributed by atoms with E-state index in [1.165, 1.54) is 5.56 Å². The van der Waals surface area contributed by atoms with Crippen LogP contribution in [0.3, 0.4) is 0 Å². The van der Waals surface area contributed by atoms with Crippen molar-refractivity contribution >= 4 is 11.9 Å². The standard InChI is InChI=1S/C18H21NO/c1-14(2)12-15-4-8-17(9-5-15)19-13-16-6-10-18(20-3)11-7-16/h4-11,13-14H,12H2,1-3H3. The lowest BCUT2D eigenvalue weighted by Gasteiger charge is -2.04. The fraction of sp³-hybridized carbons (Fsp3) is 0.278. The largest absolute Gasteiger partial charge is 0.497 e. The van der Waals surface area contributed by atoms with Gasteiger partial charge in [-0.2, -0.15) is 0 Å². The van der Waals surface area contributed by atoms with E-state index in [1.807, 2.05) is 30.5 Å². The molecule has 2 aromatic rings. The zero-order valence-corrected chi connectivity index (χ0v) is 12.3. The number of hydrogen-bond donors (Lipinski definition) is 0. The third-order valence-electron chi connectivity index (χ3n) is 3.06. The summed E-state index contributed by atoms with van der Waals surface area (Å²) in [6.45, 7) is 4.46. The first-order chi connectivity index (χ1) is 9.67. The predicted molar refractivity (Wildman–Crippen MR) is 85.2 cm³/mol. The highest BCUT2D eigenvalue weighted by Crippen LogP contribution is 2.16. The van der Waals surface area contributed by atoms with Crippen molar-refractivity contribution in [2.24, 2.45) is 10.9 Å². The van der Waals surface area contributed by atoms with Crippen LogP contribution >= 0.6 is 0 Å². The van der Waals surface area contributed by atoms with E-state index < -0.39 is 0 Å². The SMILES string of the molecule is COc1ccc(C=Nc2ccc(CC(C)C)cc2)cc1. The van der Waals surface area contributed by atoms with Crippen LogP contribution in [0.25, 0.3) is 0 Å². The monoisotopic (exact) mass is 267 g/mol. The van der Waals surface area contributed by atoms with E-state index in [-0.39, 0.29) is 0 Å². The van der Waals surface area contributed by atoms with E-state index >= 15 is 0 Å². The zero-order valence-electron chi connectivity index (χ0n) is 12.3. The Morgan fingerprint density at radius 3 is 2.20 bits per heavy atom. The van der Waals surface area contributed by atoms with Crippen LogP contribution in [0.1, 0.15) is 25.0 Å². The Morgan fingerprint density at radius 2 is 1.65 bits per heavy atom. The second-order valence-electron chi connectivity index (χ2n) is 5.30. The summed E-state index contributed by atoms with van der Waals surface area (Å²) in [4.78, 5) is 4.49. The first-order valence-electron chi connectivity index (χ1n) is 6.94. The number of ether oxygens (including phenoxy) is 1. The Labute approximate surface area is 121 Å². The average Bonchev–Trinajstić information content (AvgIpc) is 2.46. The molecule has 20 heavy (non-hydrogen) atoms. The number of aliphatic imine (C=N–C) groups is 1. The molecule has 0 heterocycles. The topological polar surface area (TPSA) is 21.6 Å². The summed E-state index contributed by atoms with van der Waals surface area (Å²) in [7, 11) is 1.67. The Morgan fingerprint density at radius 1 is 1.00 bits per heavy atom. The molecular weight excluding hydrogens is 246 g/mol. The van der Waals surface area contributed by atoms with Gasteiger partial charge in [0.2, 0.25) is 0 Å². The summed E-state index contributed by atoms with van der Waals surface area (Å²) in [5.41, 5.74) is 3.41. The van der Waals surface area contributed by atoms with Crippen molar-refractivity contribution in [2.45, 2.75) is 20.3 Å². The van der Waals surface area contributed by atoms with Crippen molar-refractivity contribution in [2.75, 3.05) is 7.11 Å². The Kier molecular flexibility index (Phi) is 4.94. The summed E-state index contributed by atoms with van der Waals surface area (Å²) in [5.74, 6) is 1.55. The summed E-state index contributed by atoms with van der Waals surface area (Å²) in [5, 5.41) is 0. The maximum atomic E-state index is 5.13. The fourth-order valence-corrected chi connectivity index (χ4v) is 2.03. The molecule has 2 rings (SSSR count). The fourth-order valence-electron chi connectivity index (χ4n) is 2.03. The molecule has 0 atom stereocenters. The van der Waals surface area contributed by atoms with E-state index in [0.29, 0.717) is 5.92 Å². The molecule has 2 aromatic carbocycles. The molecule has 0 aliphatic rings. The Hall–Kier alpha value is -2.09. The lowest BCUT2D eigenvalue weighted by molar-refractivity contribution is 0.415. The molecule has 0 N–H and O–H groups in total. The third kappa shape index (κ3) is 4.23. The summed E-state index contributed by atoms with van der Waals surface area (Å²) >= 11 is 0. The van der Waals surface area contributed by atoms with Crippen LogP contribution in [-0.4, -0.2) is 13.3 Å². The lowest BCUT2D eigenvalue weighted by atomic mass is 10.0. The number of benzene rings is 2. The number of hydrogen-bond acceptors (Lipinski definition) is 2. The molecule has 0 bridgehead atoms. The molecule has 0 unspecified atom stereocenters. The van der Waals surface area contributed by atoms with Crippen LogP contribution < -0.4 is 4.74 Å². The van der Waals surface area contributed by atoms with E-state index in [9.17, 15) is 0 Å². The van der Waals surface area contributed by atoms with Gasteiger partial charge in [-0.05, 0) is 59.9 Å². The van der Waals surface area contributed by atoms with E-state index in [4.69, 9.17) is 4.74 Å². The van der Waals surface area contributed by atoms with Crippen LogP contribution in [-0.2, 0) is 6.42 Å². The van der Waals surface area contributed by atoms with Gasteiger partial charge in [0, 0.05) is 6.21 Å². The minimum atomic E-state index is 0.684. The van der Waals surface area contributed by atoms with E-state index in [2.05, 4.69) is 43.1 Å². The van der Waals surface area contributed by atoms with E-state index in [1.54, 1.807) is 7.11 Å². The van der Waals surface area contributed by atoms with Crippen LogP contribution in [0.5, 0.6) is 5.75 Å². The Bertz CT molecular complexity index is 553. The van der Waals surface area contributed by atoms with Crippen molar-refractivity contribution < 1.29 is 4.74 Å². The maximum Gasteiger partial charge on any atom is 0.118 e. The van der Waals surface area contributed by atoms with Crippen molar-refractivity contribution in [1.29, 1.82) is 0 Å². The highest BCUT2D eigenvalue weighted by molar-refractivity contribution is 5.82. The molecule has 0 aliphatic carbocycles. The molecule has 0 amide bonds. The summed E-state index contributed by atoms with van der Waals surface area (Å²) in [6.07, 6.45) is 2.99. The Balaban J connectivity index is 2.03. The predicted octanol–water partition coefficient (Wildman–Crippen LogP) is 4.64. The smallest absolute Gasteiger partial charge is 0.118 e. The van der Waals surface area contributed by atoms with Gasteiger partial charge in [0.15, 0.2) is 0 Å². The first-order valence-corrected chi connectivity index (χ1v) is 6.94. The van der Waals surface area contributed by atoms with Gasteiger partial charge in [0.25, 0.3) is 0 Å². The molecule has 104 valence electrons. The zero-order chi connectivity index (χ0) is 14.4. The van der Waals surface area contributed by atoms with Gasteiger partial charge in [-0.15, -0.1) is 0 Å². The van der Waals surface area contributed by atoms with Gasteiger partial charge < -0.3 is 4.74 Å². The van der Waals surface area contributed by atoms with Gasteiger partial charge in [0.05, 0.1) is 12.8 Å². The molecule has 2 nitrogen and oxygen atoms in total. The number of nitrogens with zero attached hydrogens (tertiary/aromatic N) is 1. The van der Waals surface area contributed by atoms with Crippen molar-refractivity contribution in [1.82, 2.24) is 0 Å². The normalized spacial score (nSPS) is 11.2. The quantitative estimate of drug-likeness (QED) is 0.723. The molecule has 0 aromatic heterocycles. The van der Waals surface area contributed by atoms with Gasteiger partial charge >= 0.3 is 0 Å². The average molecular weight is 267 g/mol. The molecule has 0 fully saturated rings. The molecule has 0 saturated heterocycles. The van der Waals surface area contributed by atoms with Gasteiger partial charge in [-0.1, -0.05) is 26.0 Å². The number of methoxy groups -OCH3 is 1. The molecule has 0 spiro atoms. The van der Waals surface area contributed by atoms with Crippen molar-refractivity contribution in [3.05, 3.63) is 59.7 Å². The maximum absolute atomic E-state index is 5.13. The molecule has 2 heteroatoms. The van der Waals surface area contributed by atoms with Crippen molar-refractivity contribution in [3.63, 3.8) is 0 Å². The number of rotatable bonds is 5. The summed E-state index contributed by atoms with van der Waals surface area (Å²) < 4.78 is 5.13. The van der Waals surface area contributed by atoms with Crippen LogP contribution in [0.4, 0.5) is 5.69 Å². The molecule has 0 aliphatic heterocycles. The van der Waals surface area contributed by atoms with E-state index in [0.717, 1.165) is 23.4 Å². The van der Waals surface area contributed by atoms with Crippen LogP contribution in [0, 0.1) is 5.92 Å². The van der Waals surface area contributed by atoms with Gasteiger partial charge in [-0.25, -0.2) is 0 Å². The summed E-state index contributed by atoms with van der Waals surface area (Å²) in [6, 6.07) is 16.3. The van der Waals surface area contributed by atoms with Crippen LogP contribution in [0.2, 0.25) is 0 Å². The third-order valence-corrected chi connectivity index (χ3v) is 3.06. The first kappa shape index (κ1) is 14.3. The lowest BCUT2D eigenvalue weighted by Crippen LogP contribution is -1.92. The van der Waals surface area contributed by atoms with Crippen molar-refractivity contribution in [3.8, 4) is 5.75 Å².